The summed E-state index contributed by atoms with van der Waals surface area (Å²) in [6, 6.07) is 36.8. The van der Waals surface area contributed by atoms with E-state index in [9.17, 15) is 0 Å². The molecule has 0 amide bonds. The van der Waals surface area contributed by atoms with Gasteiger partial charge in [0.25, 0.3) is 0 Å². The molecule has 6 heteroatoms. The molecule has 0 aliphatic rings. The zero-order valence-corrected chi connectivity index (χ0v) is 77.2. The second kappa shape index (κ2) is 73.2. The predicted octanol–water partition coefficient (Wildman–Crippen LogP) is 34.3. The number of ether oxygens (including phenoxy) is 4. The van der Waals surface area contributed by atoms with Crippen LogP contribution in [0.4, 0.5) is 0 Å². The molecule has 6 rings (SSSR count). The van der Waals surface area contributed by atoms with Crippen molar-refractivity contribution in [1.29, 1.82) is 0 Å². The molecule has 0 saturated heterocycles. The Balaban J connectivity index is 1.12. The van der Waals surface area contributed by atoms with E-state index in [1.165, 1.54) is 360 Å². The number of rotatable bonds is 73. The van der Waals surface area contributed by atoms with Crippen LogP contribution in [0.25, 0.3) is 11.4 Å². The smallest absolute Gasteiger partial charge is 0.136 e. The molecule has 0 aliphatic carbocycles. The molecule has 0 N–H and O–H groups in total. The maximum atomic E-state index is 6.73. The Labute approximate surface area is 737 Å². The van der Waals surface area contributed by atoms with Gasteiger partial charge in [0, 0.05) is 58.9 Å². The average Bonchev–Trinajstić information content (AvgIpc) is 0.830. The highest BCUT2D eigenvalue weighted by Crippen LogP contribution is 2.33. The number of pyridine rings is 2. The van der Waals surface area contributed by atoms with Crippen LogP contribution in [0.1, 0.15) is 483 Å². The van der Waals surface area contributed by atoms with E-state index in [0.29, 0.717) is 26.4 Å². The molecule has 0 spiro atoms. The largest absolute Gasteiger partial charge is 0.492 e. The molecule has 658 valence electrons. The van der Waals surface area contributed by atoms with Gasteiger partial charge in [-0.15, -0.1) is 0 Å². The standard InChI is InChI=1S/C114H168N2O4/c1-5-9-13-17-21-25-29-33-37-41-45-49-53-57-61-71-91-117-111-97-107(113(95-105(111)85-79-101-75-67-65-68-76-101)119-93-73-63-59-55-51-47-43-39-35-31-27-23-19-15-11-7-3)87-81-103-83-89-109(115-99-103)110-90-84-104(100-116-110)82-88-108-98-112(118-92-72-62-58-54-50-46-42-38-34-30-26-22-18-14-10-6-2)106(86-80-102-77-69-66-70-78-102)96-114(108)120-94-74-64-60-56-52-48-44-40-36-32-28-24-20-16-12-8-4/h65-70,75-78,83-84,89-90,95-100H,5-64,71-74,91-94H2,1-4H3. The fourth-order valence-electron chi connectivity index (χ4n) is 16.2. The van der Waals surface area contributed by atoms with Crippen LogP contribution < -0.4 is 18.9 Å². The molecule has 4 aromatic carbocycles. The number of benzene rings is 4. The number of hydrogen-bond donors (Lipinski definition) is 0. The lowest BCUT2D eigenvalue weighted by atomic mass is 10.0. The van der Waals surface area contributed by atoms with Crippen LogP contribution in [0.15, 0.2) is 122 Å². The van der Waals surface area contributed by atoms with Gasteiger partial charge in [-0.1, -0.05) is 497 Å². The van der Waals surface area contributed by atoms with Crippen LogP contribution >= 0.6 is 0 Å². The minimum Gasteiger partial charge on any atom is -0.492 e. The lowest BCUT2D eigenvalue weighted by Crippen LogP contribution is -2.03. The van der Waals surface area contributed by atoms with Crippen molar-refractivity contribution >= 4 is 0 Å². The van der Waals surface area contributed by atoms with E-state index in [0.717, 1.165) is 130 Å². The molecular formula is C114H168N2O4. The minimum absolute atomic E-state index is 0.620. The maximum absolute atomic E-state index is 6.73. The Morgan fingerprint density at radius 1 is 0.183 bits per heavy atom. The zero-order valence-electron chi connectivity index (χ0n) is 77.2. The van der Waals surface area contributed by atoms with E-state index < -0.39 is 0 Å². The summed E-state index contributed by atoms with van der Waals surface area (Å²) in [5.74, 6) is 30.8. The van der Waals surface area contributed by atoms with Crippen molar-refractivity contribution in [3.05, 3.63) is 166 Å². The number of unbranched alkanes of at least 4 members (excludes halogenated alkanes) is 60. The van der Waals surface area contributed by atoms with Gasteiger partial charge in [-0.3, -0.25) is 9.97 Å². The molecule has 0 unspecified atom stereocenters. The molecule has 2 heterocycles. The highest BCUT2D eigenvalue weighted by Gasteiger charge is 2.15. The van der Waals surface area contributed by atoms with E-state index in [4.69, 9.17) is 28.9 Å². The molecule has 6 nitrogen and oxygen atoms in total. The second-order valence-electron chi connectivity index (χ2n) is 34.9. The molecule has 0 aliphatic heterocycles. The fourth-order valence-corrected chi connectivity index (χ4v) is 16.2. The van der Waals surface area contributed by atoms with E-state index in [1.807, 2.05) is 73.1 Å². The number of hydrogen-bond acceptors (Lipinski definition) is 6. The van der Waals surface area contributed by atoms with Crippen LogP contribution in [0.5, 0.6) is 23.0 Å². The monoisotopic (exact) mass is 1630 g/mol. The molecule has 0 atom stereocenters. The van der Waals surface area contributed by atoms with E-state index in [1.54, 1.807) is 0 Å². The van der Waals surface area contributed by atoms with Gasteiger partial charge >= 0.3 is 0 Å². The second-order valence-corrected chi connectivity index (χ2v) is 34.9. The molecular weight excluding hydrogens is 1460 g/mol. The molecule has 0 saturated carbocycles. The highest BCUT2D eigenvalue weighted by atomic mass is 16.5. The van der Waals surface area contributed by atoms with Gasteiger partial charge in [0.2, 0.25) is 0 Å². The Morgan fingerprint density at radius 2 is 0.358 bits per heavy atom. The fraction of sp³-hybridized carbons (Fsp3) is 0.632. The van der Waals surface area contributed by atoms with Crippen LogP contribution in [-0.4, -0.2) is 36.4 Å². The normalized spacial score (nSPS) is 11.0. The Kier molecular flexibility index (Phi) is 61.8. The van der Waals surface area contributed by atoms with Crippen molar-refractivity contribution in [1.82, 2.24) is 9.97 Å². The van der Waals surface area contributed by atoms with Crippen molar-refractivity contribution < 1.29 is 18.9 Å². The highest BCUT2D eigenvalue weighted by molar-refractivity contribution is 5.63. The Morgan fingerprint density at radius 3 is 0.533 bits per heavy atom. The quantitative estimate of drug-likeness (QED) is 0.0280. The topological polar surface area (TPSA) is 62.7 Å². The lowest BCUT2D eigenvalue weighted by molar-refractivity contribution is 0.295. The Bertz CT molecular complexity index is 3450. The van der Waals surface area contributed by atoms with Gasteiger partial charge in [-0.2, -0.15) is 0 Å². The van der Waals surface area contributed by atoms with Crippen molar-refractivity contribution in [3.8, 4) is 81.7 Å². The average molecular weight is 1630 g/mol. The third-order valence-corrected chi connectivity index (χ3v) is 23.9. The molecule has 120 heavy (non-hydrogen) atoms. The van der Waals surface area contributed by atoms with Crippen LogP contribution in [0, 0.1) is 47.4 Å². The first-order chi connectivity index (χ1) is 59.6. The molecule has 0 fully saturated rings. The third-order valence-electron chi connectivity index (χ3n) is 23.9. The third kappa shape index (κ3) is 51.5. The molecule has 0 bridgehead atoms. The summed E-state index contributed by atoms with van der Waals surface area (Å²) in [4.78, 5) is 9.86. The summed E-state index contributed by atoms with van der Waals surface area (Å²) in [6.07, 6.45) is 89.0. The predicted molar refractivity (Wildman–Crippen MR) is 517 cm³/mol. The van der Waals surface area contributed by atoms with Gasteiger partial charge in [0.05, 0.1) is 60.1 Å². The SMILES string of the molecule is CCCCCCCCCCCCCCCCCCOc1cc(C#Cc2ccc(-c3ccc(C#Cc4cc(OCCCCCCCCCCCCCCCCCC)c(C#Cc5ccccc5)cc4OCCCCCCCCCCCCCCCCCC)cn3)nc2)c(OCCCCCCCCCCCCCCCCCC)cc1C#Cc1ccccc1. The van der Waals surface area contributed by atoms with Crippen molar-refractivity contribution in [2.75, 3.05) is 26.4 Å². The first kappa shape index (κ1) is 101. The van der Waals surface area contributed by atoms with Gasteiger partial charge in [0.15, 0.2) is 0 Å². The lowest BCUT2D eigenvalue weighted by Gasteiger charge is -2.14. The van der Waals surface area contributed by atoms with Crippen LogP contribution in [-0.2, 0) is 0 Å². The summed E-state index contributed by atoms with van der Waals surface area (Å²) in [6.45, 7) is 11.7. The van der Waals surface area contributed by atoms with Gasteiger partial charge in [-0.25, -0.2) is 0 Å². The minimum atomic E-state index is 0.620. The summed E-state index contributed by atoms with van der Waals surface area (Å²) in [5.41, 5.74) is 8.26. The van der Waals surface area contributed by atoms with E-state index >= 15 is 0 Å². The number of aromatic nitrogens is 2. The summed E-state index contributed by atoms with van der Waals surface area (Å²) in [7, 11) is 0. The van der Waals surface area contributed by atoms with Gasteiger partial charge in [-0.05, 0) is 74.2 Å². The number of nitrogens with zero attached hydrogens (tertiary/aromatic N) is 2. The van der Waals surface area contributed by atoms with E-state index in [-0.39, 0.29) is 0 Å². The zero-order chi connectivity index (χ0) is 84.2. The summed E-state index contributed by atoms with van der Waals surface area (Å²) >= 11 is 0. The van der Waals surface area contributed by atoms with Crippen LogP contribution in [0.2, 0.25) is 0 Å². The first-order valence-corrected chi connectivity index (χ1v) is 50.5. The van der Waals surface area contributed by atoms with Crippen molar-refractivity contribution in [3.63, 3.8) is 0 Å². The van der Waals surface area contributed by atoms with Crippen LogP contribution in [0.3, 0.4) is 0 Å². The molecule has 6 aromatic rings. The maximum Gasteiger partial charge on any atom is 0.136 e. The Hall–Kier alpha value is -7.38. The van der Waals surface area contributed by atoms with Crippen molar-refractivity contribution in [2.24, 2.45) is 0 Å². The van der Waals surface area contributed by atoms with Gasteiger partial charge < -0.3 is 18.9 Å². The summed E-state index contributed by atoms with van der Waals surface area (Å²) < 4.78 is 26.9. The van der Waals surface area contributed by atoms with Gasteiger partial charge in [0.1, 0.15) is 23.0 Å². The van der Waals surface area contributed by atoms with Crippen molar-refractivity contribution in [2.45, 2.75) is 439 Å². The summed E-state index contributed by atoms with van der Waals surface area (Å²) in [5, 5.41) is 0. The molecule has 0 radical (unpaired) electrons. The molecule has 2 aromatic heterocycles. The first-order valence-electron chi connectivity index (χ1n) is 50.5. The van der Waals surface area contributed by atoms with E-state index in [2.05, 4.69) is 124 Å².